The van der Waals surface area contributed by atoms with Gasteiger partial charge in [0.05, 0.1) is 87.6 Å². The standard InChI is InChI=1S/C19H24N2O.C15H19FN2O.C14H17ClN2O2S.2C14H15ClN2O/c1-11-2-3-15-10-20-21-17(15)16(11)18(22)19-7-12-4-13(8-19)6-14(5-12)9-19;1-15(5-3-2-4-6-15)14(19)12-8-11(16)7-10-9-17-18-13(10)12;1-20(2,19)8-9-5-14(18,6-9)12-4-11(15)3-10-7-16-17-13(10)12;2*15-10-4-9-6-16-17-12(9)11(5-10)14(18)7-13(8-14)2-1-3-13/h2-3,10,12-14,18,22H,4-9H2,1H3,(H,20,21);7-9,14,19H,2-6H2,1H3,(H,17,18);3-4,7,9,18H,1,5-6,8H2,2H3,(H,16,17);2*4-6,18H,1-3,7-8H2,(H,16,17). The molecule has 10 fully saturated rings. The minimum Gasteiger partial charge on any atom is -0.388 e. The van der Waals surface area contributed by atoms with Crippen LogP contribution >= 0.6 is 34.8 Å². The highest BCUT2D eigenvalue weighted by molar-refractivity contribution is 7.99. The van der Waals surface area contributed by atoms with E-state index in [1.807, 2.05) is 36.5 Å². The van der Waals surface area contributed by atoms with E-state index in [4.69, 9.17) is 34.8 Å². The molecule has 10 aromatic rings. The molecule has 10 saturated carbocycles. The van der Waals surface area contributed by atoms with Crippen LogP contribution in [0.1, 0.15) is 200 Å². The SMILES string of the molecule is C=S(C)(=O)CC1CC(O)(c2cc(Cl)cc3cn[nH]c23)C1.CC1(C(O)c2cc(F)cc3cn[nH]c23)CCCCC1.Cc1ccc2cn[nH]c2c1C(O)C12CC3CC(CC(C3)C1)C2.OC1(c2cc(Cl)cc3cn[nH]c23)CC2(CCC2)C1.OC1(c2cc(Cl)cc3cn[nH]c23)CC2(CCC2)C1. The third kappa shape index (κ3) is 12.6. The van der Waals surface area contributed by atoms with Crippen LogP contribution in [-0.2, 0) is 26.3 Å². The first-order chi connectivity index (χ1) is 46.2. The van der Waals surface area contributed by atoms with Crippen molar-refractivity contribution < 1.29 is 34.1 Å². The molecule has 0 aliphatic heterocycles. The van der Waals surface area contributed by atoms with Gasteiger partial charge in [0, 0.05) is 87.2 Å². The van der Waals surface area contributed by atoms with Crippen molar-refractivity contribution in [3.05, 3.63) is 146 Å². The zero-order valence-electron chi connectivity index (χ0n) is 55.6. The van der Waals surface area contributed by atoms with Crippen LogP contribution in [0.2, 0.25) is 15.1 Å². The number of aliphatic hydroxyl groups is 5. The Labute approximate surface area is 580 Å². The molecule has 0 saturated heterocycles. The first-order valence-corrected chi connectivity index (χ1v) is 38.4. The molecule has 3 atom stereocenters. The van der Waals surface area contributed by atoms with Gasteiger partial charge in [-0.25, -0.2) is 4.39 Å². The summed E-state index contributed by atoms with van der Waals surface area (Å²) in [4.78, 5) is 0. The van der Waals surface area contributed by atoms with Gasteiger partial charge >= 0.3 is 0 Å². The average Bonchev–Trinajstić information content (AvgIpc) is 1.71. The van der Waals surface area contributed by atoms with Gasteiger partial charge in [0.2, 0.25) is 0 Å². The molecule has 514 valence electrons. The highest BCUT2D eigenvalue weighted by atomic mass is 35.5. The number of aromatic amines is 5. The van der Waals surface area contributed by atoms with Crippen molar-refractivity contribution in [2.24, 2.45) is 45.3 Å². The topological polar surface area (TPSA) is 262 Å². The van der Waals surface area contributed by atoms with Gasteiger partial charge in [-0.05, 0) is 232 Å². The molecule has 0 radical (unpaired) electrons. The van der Waals surface area contributed by atoms with Crippen molar-refractivity contribution in [3.8, 4) is 0 Å². The van der Waals surface area contributed by atoms with E-state index in [9.17, 15) is 34.1 Å². The van der Waals surface area contributed by atoms with Gasteiger partial charge in [0.1, 0.15) is 5.82 Å². The summed E-state index contributed by atoms with van der Waals surface area (Å²) in [6.07, 6.45) is 35.1. The number of hydrogen-bond donors (Lipinski definition) is 10. The smallest absolute Gasteiger partial charge is 0.124 e. The minimum absolute atomic E-state index is 0.124. The molecule has 0 amide bonds. The second kappa shape index (κ2) is 25.0. The Balaban J connectivity index is 0.0000000994. The molecule has 5 aromatic carbocycles. The molecule has 10 aliphatic carbocycles. The molecule has 2 spiro atoms. The molecule has 21 heteroatoms. The quantitative estimate of drug-likeness (QED) is 0.0608. The summed E-state index contributed by atoms with van der Waals surface area (Å²) < 4.78 is 25.4. The first-order valence-electron chi connectivity index (χ1n) is 35.0. The van der Waals surface area contributed by atoms with Crippen molar-refractivity contribution >= 4 is 105 Å². The Morgan fingerprint density at radius 3 is 1.38 bits per heavy atom. The third-order valence-corrected chi connectivity index (χ3v) is 26.5. The van der Waals surface area contributed by atoms with Crippen molar-refractivity contribution in [2.45, 2.75) is 191 Å². The molecule has 20 rings (SSSR count). The molecule has 3 unspecified atom stereocenters. The van der Waals surface area contributed by atoms with Crippen LogP contribution in [0.4, 0.5) is 4.39 Å². The second-order valence-electron chi connectivity index (χ2n) is 32.3. The van der Waals surface area contributed by atoms with Gasteiger partial charge in [-0.3, -0.25) is 29.7 Å². The monoisotopic (exact) mass is 1390 g/mol. The fraction of sp³-hybridized carbons (Fsp3) is 0.526. The lowest BCUT2D eigenvalue weighted by Crippen LogP contribution is -2.53. The number of nitrogens with zero attached hydrogens (tertiary/aromatic N) is 5. The van der Waals surface area contributed by atoms with Gasteiger partial charge in [0.25, 0.3) is 0 Å². The number of aliphatic hydroxyl groups excluding tert-OH is 2. The van der Waals surface area contributed by atoms with Crippen LogP contribution in [0.15, 0.2) is 91.6 Å². The average molecular weight is 1400 g/mol. The Kier molecular flexibility index (Phi) is 17.2. The maximum Gasteiger partial charge on any atom is 0.124 e. The fourth-order valence-corrected chi connectivity index (χ4v) is 22.2. The summed E-state index contributed by atoms with van der Waals surface area (Å²) in [6, 6.07) is 18.2. The van der Waals surface area contributed by atoms with E-state index in [-0.39, 0.29) is 28.7 Å². The van der Waals surface area contributed by atoms with E-state index < -0.39 is 32.4 Å². The van der Waals surface area contributed by atoms with Gasteiger partial charge in [-0.1, -0.05) is 86.0 Å². The van der Waals surface area contributed by atoms with E-state index >= 15 is 0 Å². The van der Waals surface area contributed by atoms with Gasteiger partial charge in [-0.2, -0.15) is 25.5 Å². The molecular formula is C76H90Cl3FN10O6S. The number of fused-ring (bicyclic) bond motifs is 5. The largest absolute Gasteiger partial charge is 0.388 e. The number of nitrogens with one attached hydrogen (secondary N) is 5. The molecule has 5 heterocycles. The zero-order valence-corrected chi connectivity index (χ0v) is 58.7. The predicted octanol–water partition coefficient (Wildman–Crippen LogP) is 16.7. The molecule has 97 heavy (non-hydrogen) atoms. The van der Waals surface area contributed by atoms with Gasteiger partial charge in [0.15, 0.2) is 0 Å². The Hall–Kier alpha value is -5.93. The molecule has 5 aromatic heterocycles. The van der Waals surface area contributed by atoms with Crippen LogP contribution in [0.25, 0.3) is 54.5 Å². The number of benzene rings is 5. The molecule has 16 nitrogen and oxygen atoms in total. The number of aromatic nitrogens is 10. The van der Waals surface area contributed by atoms with E-state index in [1.54, 1.807) is 37.1 Å². The summed E-state index contributed by atoms with van der Waals surface area (Å²) in [5.41, 5.74) is 8.49. The van der Waals surface area contributed by atoms with Gasteiger partial charge in [-0.15, -0.1) is 0 Å². The van der Waals surface area contributed by atoms with Crippen molar-refractivity contribution in [2.75, 3.05) is 12.0 Å². The summed E-state index contributed by atoms with van der Waals surface area (Å²) in [6.45, 7) is 4.23. The minimum atomic E-state index is -2.01. The fourth-order valence-electron chi connectivity index (χ4n) is 20.3. The molecule has 4 bridgehead atoms. The number of H-pyrrole nitrogens is 5. The number of hydrogen-bond acceptors (Lipinski definition) is 11. The number of halogens is 4. The van der Waals surface area contributed by atoms with Gasteiger partial charge < -0.3 is 25.5 Å². The first kappa shape index (κ1) is 66.9. The van der Waals surface area contributed by atoms with Crippen molar-refractivity contribution in [3.63, 3.8) is 0 Å². The van der Waals surface area contributed by atoms with E-state index in [0.29, 0.717) is 55.4 Å². The van der Waals surface area contributed by atoms with Crippen LogP contribution < -0.4 is 0 Å². The Morgan fingerprint density at radius 2 is 0.948 bits per heavy atom. The summed E-state index contributed by atoms with van der Waals surface area (Å²) >= 11 is 18.4. The van der Waals surface area contributed by atoms with Crippen molar-refractivity contribution in [1.29, 1.82) is 0 Å². The third-order valence-electron chi connectivity index (χ3n) is 24.7. The summed E-state index contributed by atoms with van der Waals surface area (Å²) in [5.74, 6) is 6.75. The number of aryl methyl sites for hydroxylation is 1. The lowest BCUT2D eigenvalue weighted by molar-refractivity contribution is -0.168. The normalized spacial score (nSPS) is 28.5. The number of rotatable bonds is 9. The van der Waals surface area contributed by atoms with Crippen LogP contribution in [0.3, 0.4) is 0 Å². The van der Waals surface area contributed by atoms with Crippen LogP contribution in [0.5, 0.6) is 0 Å². The second-order valence-corrected chi connectivity index (χ2v) is 36.3. The maximum atomic E-state index is 13.7. The van der Waals surface area contributed by atoms with E-state index in [2.05, 4.69) is 82.8 Å². The van der Waals surface area contributed by atoms with Crippen LogP contribution in [-0.4, -0.2) is 98.6 Å². The molecular weight excluding hydrogens is 1310 g/mol. The predicted molar refractivity (Wildman–Crippen MR) is 383 cm³/mol. The Bertz CT molecular complexity index is 4550. The van der Waals surface area contributed by atoms with E-state index in [0.717, 1.165) is 141 Å². The van der Waals surface area contributed by atoms with E-state index in [1.165, 1.54) is 101 Å². The molecule has 10 N–H and O–H groups in total. The Morgan fingerprint density at radius 1 is 0.536 bits per heavy atom. The zero-order chi connectivity index (χ0) is 67.7. The summed E-state index contributed by atoms with van der Waals surface area (Å²) in [5, 5.41) is 96.3. The maximum absolute atomic E-state index is 13.7. The van der Waals surface area contributed by atoms with Crippen LogP contribution in [0, 0.1) is 58.1 Å². The lowest BCUT2D eigenvalue weighted by atomic mass is 9.47. The highest BCUT2D eigenvalue weighted by Crippen LogP contribution is 2.67. The lowest BCUT2D eigenvalue weighted by Gasteiger charge is -2.59. The highest BCUT2D eigenvalue weighted by Gasteiger charge is 2.59. The van der Waals surface area contributed by atoms with Crippen molar-refractivity contribution in [1.82, 2.24) is 51.0 Å². The summed E-state index contributed by atoms with van der Waals surface area (Å²) in [7, 11) is -2.01. The molecule has 10 aliphatic rings.